The number of hydrogen-bond donors (Lipinski definition) is 1. The Balaban J connectivity index is 1.20. The number of aryl methyl sites for hydroxylation is 1. The summed E-state index contributed by atoms with van der Waals surface area (Å²) in [6.07, 6.45) is 3.23. The van der Waals surface area contributed by atoms with Gasteiger partial charge in [-0.05, 0) is 93.5 Å². The van der Waals surface area contributed by atoms with Crippen LogP contribution in [0.5, 0.6) is 0 Å². The van der Waals surface area contributed by atoms with E-state index >= 15 is 0 Å². The van der Waals surface area contributed by atoms with Crippen LogP contribution in [0.3, 0.4) is 0 Å². The topological polar surface area (TPSA) is 78.4 Å². The number of piperidine rings is 1. The Morgan fingerprint density at radius 3 is 2.39 bits per heavy atom. The van der Waals surface area contributed by atoms with Crippen LogP contribution in [-0.2, 0) is 16.6 Å². The highest BCUT2D eigenvalue weighted by atomic mass is 32.2. The molecule has 38 heavy (non-hydrogen) atoms. The molecule has 1 N–H and O–H groups in total. The molecule has 1 fully saturated rings. The second-order valence-corrected chi connectivity index (χ2v) is 12.8. The molecule has 4 aromatic rings. The van der Waals surface area contributed by atoms with Crippen molar-refractivity contribution in [3.8, 4) is 11.3 Å². The van der Waals surface area contributed by atoms with Crippen LogP contribution in [0.2, 0.25) is 0 Å². The van der Waals surface area contributed by atoms with Gasteiger partial charge in [0.2, 0.25) is 16.0 Å². The molecule has 2 aromatic carbocycles. The normalized spacial score (nSPS) is 15.2. The lowest BCUT2D eigenvalue weighted by atomic mass is 10.1. The van der Waals surface area contributed by atoms with Crippen molar-refractivity contribution in [2.75, 3.05) is 25.5 Å². The fourth-order valence-corrected chi connectivity index (χ4v) is 7.08. The van der Waals surface area contributed by atoms with Crippen molar-refractivity contribution in [1.82, 2.24) is 19.2 Å². The van der Waals surface area contributed by atoms with Gasteiger partial charge in [0.15, 0.2) is 0 Å². The summed E-state index contributed by atoms with van der Waals surface area (Å²) in [6.45, 7) is 4.01. The number of aromatic nitrogens is 2. The van der Waals surface area contributed by atoms with Crippen LogP contribution in [0, 0.1) is 12.7 Å². The first kappa shape index (κ1) is 26.4. The smallest absolute Gasteiger partial charge is 0.243 e. The van der Waals surface area contributed by atoms with E-state index in [1.54, 1.807) is 53.0 Å². The number of anilines is 2. The predicted molar refractivity (Wildman–Crippen MR) is 149 cm³/mol. The van der Waals surface area contributed by atoms with E-state index in [0.717, 1.165) is 24.9 Å². The number of hydrogen-bond acceptors (Lipinski definition) is 7. The summed E-state index contributed by atoms with van der Waals surface area (Å²) < 4.78 is 41.4. The SMILES string of the molecule is Cc1ccc(CN(C)C2CCN(S(=O)(=O)c3ccc(Nc4nccc(-c5ccc(F)cc5)n4)cc3)CC2)s1. The zero-order valence-corrected chi connectivity index (χ0v) is 23.0. The number of thiophene rings is 1. The highest BCUT2D eigenvalue weighted by Crippen LogP contribution is 2.26. The zero-order valence-electron chi connectivity index (χ0n) is 21.3. The van der Waals surface area contributed by atoms with Crippen molar-refractivity contribution in [2.45, 2.75) is 37.2 Å². The molecule has 7 nitrogen and oxygen atoms in total. The average Bonchev–Trinajstić information content (AvgIpc) is 3.34. The first-order chi connectivity index (χ1) is 18.3. The Morgan fingerprint density at radius 2 is 1.74 bits per heavy atom. The van der Waals surface area contributed by atoms with Gasteiger partial charge >= 0.3 is 0 Å². The monoisotopic (exact) mass is 551 g/mol. The molecule has 0 unspecified atom stereocenters. The van der Waals surface area contributed by atoms with Crippen molar-refractivity contribution in [3.63, 3.8) is 0 Å². The Bertz CT molecular complexity index is 1480. The van der Waals surface area contributed by atoms with Gasteiger partial charge in [-0.25, -0.2) is 22.8 Å². The van der Waals surface area contributed by atoms with Gasteiger partial charge in [-0.1, -0.05) is 0 Å². The van der Waals surface area contributed by atoms with Crippen LogP contribution in [0.4, 0.5) is 16.0 Å². The standard InChI is InChI=1S/C28H30FN5O2S2/c1-20-3-10-25(37-20)19-33(2)24-14-17-34(18-15-24)38(35,36)26-11-8-23(9-12-26)31-28-30-16-13-27(32-28)21-4-6-22(29)7-5-21/h3-13,16,24H,14-15,17-19H2,1-2H3,(H,30,31,32). The van der Waals surface area contributed by atoms with E-state index in [1.165, 1.54) is 21.9 Å². The average molecular weight is 552 g/mol. The molecule has 0 atom stereocenters. The maximum absolute atomic E-state index is 13.3. The van der Waals surface area contributed by atoms with Gasteiger partial charge in [0, 0.05) is 52.9 Å². The Hall–Kier alpha value is -3.18. The van der Waals surface area contributed by atoms with Crippen LogP contribution in [0.25, 0.3) is 11.3 Å². The quantitative estimate of drug-likeness (QED) is 0.304. The molecule has 1 aliphatic rings. The van der Waals surface area contributed by atoms with E-state index in [0.29, 0.717) is 36.5 Å². The summed E-state index contributed by atoms with van der Waals surface area (Å²) in [4.78, 5) is 14.0. The summed E-state index contributed by atoms with van der Waals surface area (Å²) >= 11 is 1.81. The number of sulfonamides is 1. The summed E-state index contributed by atoms with van der Waals surface area (Å²) in [7, 11) is -1.46. The fraction of sp³-hybridized carbons (Fsp3) is 0.286. The first-order valence-electron chi connectivity index (χ1n) is 12.5. The maximum Gasteiger partial charge on any atom is 0.243 e. The molecule has 0 saturated carbocycles. The van der Waals surface area contributed by atoms with Crippen LogP contribution in [0.1, 0.15) is 22.6 Å². The molecule has 1 aliphatic heterocycles. The van der Waals surface area contributed by atoms with Gasteiger partial charge in [0.25, 0.3) is 0 Å². The molecule has 198 valence electrons. The molecule has 5 rings (SSSR count). The number of nitrogens with zero attached hydrogens (tertiary/aromatic N) is 4. The van der Waals surface area contributed by atoms with Crippen LogP contribution in [-0.4, -0.2) is 53.8 Å². The number of benzene rings is 2. The Morgan fingerprint density at radius 1 is 1.03 bits per heavy atom. The van der Waals surface area contributed by atoms with Crippen molar-refractivity contribution in [1.29, 1.82) is 0 Å². The molecule has 0 bridgehead atoms. The minimum absolute atomic E-state index is 0.268. The van der Waals surface area contributed by atoms with E-state index in [4.69, 9.17) is 0 Å². The van der Waals surface area contributed by atoms with E-state index < -0.39 is 10.0 Å². The lowest BCUT2D eigenvalue weighted by Gasteiger charge is -2.36. The van der Waals surface area contributed by atoms with Crippen molar-refractivity contribution in [3.05, 3.63) is 88.5 Å². The summed E-state index contributed by atoms with van der Waals surface area (Å²) in [6, 6.07) is 19.2. The van der Waals surface area contributed by atoms with Gasteiger partial charge in [0.05, 0.1) is 10.6 Å². The summed E-state index contributed by atoms with van der Waals surface area (Å²) in [5.74, 6) is 0.0587. The molecular formula is C28H30FN5O2S2. The molecule has 2 aromatic heterocycles. The number of rotatable bonds is 8. The van der Waals surface area contributed by atoms with Gasteiger partial charge < -0.3 is 5.32 Å². The molecule has 1 saturated heterocycles. The fourth-order valence-electron chi connectivity index (χ4n) is 4.66. The number of halogens is 1. The zero-order chi connectivity index (χ0) is 26.7. The van der Waals surface area contributed by atoms with E-state index in [2.05, 4.69) is 46.3 Å². The molecule has 0 spiro atoms. The lowest BCUT2D eigenvalue weighted by Crippen LogP contribution is -2.45. The Kier molecular flexibility index (Phi) is 7.85. The Labute approximate surface area is 227 Å². The van der Waals surface area contributed by atoms with Crippen molar-refractivity contribution < 1.29 is 12.8 Å². The van der Waals surface area contributed by atoms with Gasteiger partial charge in [-0.3, -0.25) is 4.90 Å². The first-order valence-corrected chi connectivity index (χ1v) is 14.8. The minimum atomic E-state index is -3.58. The van der Waals surface area contributed by atoms with Gasteiger partial charge in [-0.15, -0.1) is 11.3 Å². The van der Waals surface area contributed by atoms with E-state index in [9.17, 15) is 12.8 Å². The summed E-state index contributed by atoms with van der Waals surface area (Å²) in [5, 5.41) is 3.11. The molecular weight excluding hydrogens is 521 g/mol. The third kappa shape index (κ3) is 6.10. The van der Waals surface area contributed by atoms with Crippen molar-refractivity contribution in [2.24, 2.45) is 0 Å². The lowest BCUT2D eigenvalue weighted by molar-refractivity contribution is 0.163. The maximum atomic E-state index is 13.3. The van der Waals surface area contributed by atoms with E-state index in [1.807, 2.05) is 11.3 Å². The molecule has 10 heteroatoms. The minimum Gasteiger partial charge on any atom is -0.324 e. The molecule has 3 heterocycles. The largest absolute Gasteiger partial charge is 0.324 e. The predicted octanol–water partition coefficient (Wildman–Crippen LogP) is 5.68. The van der Waals surface area contributed by atoms with Gasteiger partial charge in [0.1, 0.15) is 5.82 Å². The van der Waals surface area contributed by atoms with Crippen LogP contribution >= 0.6 is 11.3 Å². The highest BCUT2D eigenvalue weighted by Gasteiger charge is 2.30. The van der Waals surface area contributed by atoms with E-state index in [-0.39, 0.29) is 10.7 Å². The second kappa shape index (κ2) is 11.3. The third-order valence-electron chi connectivity index (χ3n) is 6.79. The van der Waals surface area contributed by atoms with Crippen molar-refractivity contribution >= 4 is 33.0 Å². The highest BCUT2D eigenvalue weighted by molar-refractivity contribution is 7.89. The van der Waals surface area contributed by atoms with Crippen LogP contribution < -0.4 is 5.32 Å². The molecule has 0 radical (unpaired) electrons. The second-order valence-electron chi connectivity index (χ2n) is 9.48. The summed E-state index contributed by atoms with van der Waals surface area (Å²) in [5.41, 5.74) is 2.10. The van der Waals surface area contributed by atoms with Crippen LogP contribution in [0.15, 0.2) is 77.8 Å². The third-order valence-corrected chi connectivity index (χ3v) is 9.69. The van der Waals surface area contributed by atoms with Gasteiger partial charge in [-0.2, -0.15) is 4.31 Å². The molecule has 0 aliphatic carbocycles. The molecule has 0 amide bonds. The number of nitrogens with one attached hydrogen (secondary N) is 1.